The van der Waals surface area contributed by atoms with Gasteiger partial charge in [-0.3, -0.25) is 14.6 Å². The Kier molecular flexibility index (Phi) is 5.78. The summed E-state index contributed by atoms with van der Waals surface area (Å²) in [6.45, 7) is 5.02. The van der Waals surface area contributed by atoms with Gasteiger partial charge in [-0.2, -0.15) is 0 Å². The second-order valence-corrected chi connectivity index (χ2v) is 6.25. The lowest BCUT2D eigenvalue weighted by Crippen LogP contribution is -2.49. The van der Waals surface area contributed by atoms with Crippen molar-refractivity contribution in [1.82, 2.24) is 20.2 Å². The number of carbonyl (C=O) groups is 2. The maximum Gasteiger partial charge on any atom is 0.251 e. The lowest BCUT2D eigenvalue weighted by molar-refractivity contribution is -0.131. The first kappa shape index (κ1) is 17.8. The van der Waals surface area contributed by atoms with Crippen LogP contribution in [0.25, 0.3) is 0 Å². The molecule has 0 unspecified atom stereocenters. The Morgan fingerprint density at radius 3 is 2.58 bits per heavy atom. The van der Waals surface area contributed by atoms with Gasteiger partial charge in [0.05, 0.1) is 6.20 Å². The lowest BCUT2D eigenvalue weighted by atomic mass is 10.1. The first-order valence-electron chi connectivity index (χ1n) is 8.78. The molecule has 136 valence electrons. The SMILES string of the molecule is Cc1ccccc1C(=O)NCCC(=O)N1CCN(c2cnccn2)CC1. The van der Waals surface area contributed by atoms with Crippen LogP contribution < -0.4 is 10.2 Å². The van der Waals surface area contributed by atoms with Gasteiger partial charge in [0.15, 0.2) is 0 Å². The molecule has 0 saturated carbocycles. The normalized spacial score (nSPS) is 14.2. The number of hydrogen-bond donors (Lipinski definition) is 1. The van der Waals surface area contributed by atoms with Crippen LogP contribution in [0.5, 0.6) is 0 Å². The van der Waals surface area contributed by atoms with Crippen LogP contribution >= 0.6 is 0 Å². The highest BCUT2D eigenvalue weighted by atomic mass is 16.2. The summed E-state index contributed by atoms with van der Waals surface area (Å²) in [5, 5.41) is 2.83. The number of rotatable bonds is 5. The summed E-state index contributed by atoms with van der Waals surface area (Å²) in [5.41, 5.74) is 1.58. The van der Waals surface area contributed by atoms with Crippen LogP contribution in [0.2, 0.25) is 0 Å². The molecule has 1 N–H and O–H groups in total. The van der Waals surface area contributed by atoms with Gasteiger partial charge in [0.1, 0.15) is 5.82 Å². The highest BCUT2D eigenvalue weighted by Gasteiger charge is 2.21. The number of nitrogens with one attached hydrogen (secondary N) is 1. The van der Waals surface area contributed by atoms with Crippen molar-refractivity contribution in [3.63, 3.8) is 0 Å². The number of aromatic nitrogens is 2. The van der Waals surface area contributed by atoms with E-state index in [1.807, 2.05) is 30.0 Å². The highest BCUT2D eigenvalue weighted by Crippen LogP contribution is 2.12. The van der Waals surface area contributed by atoms with Crippen molar-refractivity contribution in [2.75, 3.05) is 37.6 Å². The molecule has 3 rings (SSSR count). The van der Waals surface area contributed by atoms with Crippen molar-refractivity contribution in [1.29, 1.82) is 0 Å². The lowest BCUT2D eigenvalue weighted by Gasteiger charge is -2.35. The Morgan fingerprint density at radius 2 is 1.88 bits per heavy atom. The number of aryl methyl sites for hydroxylation is 1. The molecule has 0 spiro atoms. The van der Waals surface area contributed by atoms with Crippen molar-refractivity contribution in [2.45, 2.75) is 13.3 Å². The molecule has 7 nitrogen and oxygen atoms in total. The number of anilines is 1. The second kappa shape index (κ2) is 8.42. The summed E-state index contributed by atoms with van der Waals surface area (Å²) >= 11 is 0. The topological polar surface area (TPSA) is 78.4 Å². The minimum absolute atomic E-state index is 0.0638. The number of hydrogen-bond acceptors (Lipinski definition) is 5. The smallest absolute Gasteiger partial charge is 0.251 e. The first-order chi connectivity index (χ1) is 12.6. The number of nitrogens with zero attached hydrogens (tertiary/aromatic N) is 4. The molecule has 2 amide bonds. The third kappa shape index (κ3) is 4.36. The quantitative estimate of drug-likeness (QED) is 0.875. The van der Waals surface area contributed by atoms with E-state index in [-0.39, 0.29) is 11.8 Å². The zero-order chi connectivity index (χ0) is 18.4. The Morgan fingerprint density at radius 1 is 1.12 bits per heavy atom. The Bertz CT molecular complexity index is 758. The summed E-state index contributed by atoms with van der Waals surface area (Å²) in [4.78, 5) is 36.9. The molecule has 0 bridgehead atoms. The molecular weight excluding hydrogens is 330 g/mol. The van der Waals surface area contributed by atoms with Crippen molar-refractivity contribution in [3.8, 4) is 0 Å². The first-order valence-corrected chi connectivity index (χ1v) is 8.78. The fourth-order valence-electron chi connectivity index (χ4n) is 3.00. The molecule has 26 heavy (non-hydrogen) atoms. The molecule has 2 aromatic rings. The van der Waals surface area contributed by atoms with Crippen LogP contribution in [-0.2, 0) is 4.79 Å². The summed E-state index contributed by atoms with van der Waals surface area (Å²) in [7, 11) is 0. The van der Waals surface area contributed by atoms with Crippen molar-refractivity contribution >= 4 is 17.6 Å². The summed E-state index contributed by atoms with van der Waals surface area (Å²) < 4.78 is 0. The van der Waals surface area contributed by atoms with Gasteiger partial charge in [-0.05, 0) is 18.6 Å². The molecule has 1 fully saturated rings. The third-order valence-electron chi connectivity index (χ3n) is 4.52. The summed E-state index contributed by atoms with van der Waals surface area (Å²) in [6.07, 6.45) is 5.36. The van der Waals surface area contributed by atoms with E-state index >= 15 is 0 Å². The standard InChI is InChI=1S/C19H23N5O2/c1-15-4-2-3-5-16(15)19(26)22-7-6-18(25)24-12-10-23(11-13-24)17-14-20-8-9-21-17/h2-5,8-9,14H,6-7,10-13H2,1H3,(H,22,26). The Hall–Kier alpha value is -2.96. The molecule has 2 heterocycles. The van der Waals surface area contributed by atoms with Crippen LogP contribution in [0, 0.1) is 6.92 Å². The molecule has 1 aromatic carbocycles. The van der Waals surface area contributed by atoms with E-state index in [1.54, 1.807) is 24.7 Å². The zero-order valence-corrected chi connectivity index (χ0v) is 14.9. The molecular formula is C19H23N5O2. The maximum absolute atomic E-state index is 12.4. The number of carbonyl (C=O) groups excluding carboxylic acids is 2. The van der Waals surface area contributed by atoms with Gasteiger partial charge in [0, 0.05) is 57.1 Å². The number of piperazine rings is 1. The van der Waals surface area contributed by atoms with Gasteiger partial charge >= 0.3 is 0 Å². The summed E-state index contributed by atoms with van der Waals surface area (Å²) in [6, 6.07) is 7.43. The van der Waals surface area contributed by atoms with Gasteiger partial charge in [-0.1, -0.05) is 18.2 Å². The van der Waals surface area contributed by atoms with Gasteiger partial charge in [0.2, 0.25) is 5.91 Å². The van der Waals surface area contributed by atoms with E-state index in [4.69, 9.17) is 0 Å². The minimum Gasteiger partial charge on any atom is -0.352 e. The van der Waals surface area contributed by atoms with E-state index in [0.29, 0.717) is 31.6 Å². The average Bonchev–Trinajstić information content (AvgIpc) is 2.69. The van der Waals surface area contributed by atoms with Crippen LogP contribution in [0.1, 0.15) is 22.3 Å². The number of benzene rings is 1. The second-order valence-electron chi connectivity index (χ2n) is 6.25. The molecule has 0 atom stereocenters. The van der Waals surface area contributed by atoms with Gasteiger partial charge in [-0.25, -0.2) is 4.98 Å². The predicted octanol–water partition coefficient (Wildman–Crippen LogP) is 1.25. The van der Waals surface area contributed by atoms with Gasteiger partial charge in [-0.15, -0.1) is 0 Å². The molecule has 0 radical (unpaired) electrons. The zero-order valence-electron chi connectivity index (χ0n) is 14.9. The van der Waals surface area contributed by atoms with E-state index in [1.165, 1.54) is 0 Å². The van der Waals surface area contributed by atoms with Crippen LogP contribution in [0.3, 0.4) is 0 Å². The van der Waals surface area contributed by atoms with E-state index < -0.39 is 0 Å². The molecule has 7 heteroatoms. The monoisotopic (exact) mass is 353 g/mol. The largest absolute Gasteiger partial charge is 0.352 e. The number of amides is 2. The summed E-state index contributed by atoms with van der Waals surface area (Å²) in [5.74, 6) is 0.766. The van der Waals surface area contributed by atoms with Crippen LogP contribution in [0.4, 0.5) is 5.82 Å². The van der Waals surface area contributed by atoms with Crippen molar-refractivity contribution in [3.05, 3.63) is 54.0 Å². The van der Waals surface area contributed by atoms with Crippen molar-refractivity contribution in [2.24, 2.45) is 0 Å². The van der Waals surface area contributed by atoms with Gasteiger partial charge < -0.3 is 15.1 Å². The Balaban J connectivity index is 1.42. The fourth-order valence-corrected chi connectivity index (χ4v) is 3.00. The maximum atomic E-state index is 12.4. The molecule has 1 aromatic heterocycles. The van der Waals surface area contributed by atoms with Gasteiger partial charge in [0.25, 0.3) is 5.91 Å². The minimum atomic E-state index is -0.136. The van der Waals surface area contributed by atoms with E-state index in [9.17, 15) is 9.59 Å². The Labute approximate surface area is 153 Å². The van der Waals surface area contributed by atoms with Crippen molar-refractivity contribution < 1.29 is 9.59 Å². The molecule has 1 saturated heterocycles. The fraction of sp³-hybridized carbons (Fsp3) is 0.368. The van der Waals surface area contributed by atoms with E-state index in [2.05, 4.69) is 20.2 Å². The third-order valence-corrected chi connectivity index (χ3v) is 4.52. The predicted molar refractivity (Wildman–Crippen MR) is 99.0 cm³/mol. The average molecular weight is 353 g/mol. The molecule has 1 aliphatic rings. The van der Waals surface area contributed by atoms with Crippen LogP contribution in [-0.4, -0.2) is 59.4 Å². The van der Waals surface area contributed by atoms with E-state index in [0.717, 1.165) is 24.5 Å². The highest BCUT2D eigenvalue weighted by molar-refractivity contribution is 5.95. The molecule has 0 aliphatic carbocycles. The van der Waals surface area contributed by atoms with Crippen LogP contribution in [0.15, 0.2) is 42.9 Å². The molecule has 1 aliphatic heterocycles.